The summed E-state index contributed by atoms with van der Waals surface area (Å²) in [5.74, 6) is 0.0524. The molecule has 0 amide bonds. The third kappa shape index (κ3) is 2.64. The Bertz CT molecular complexity index is 352. The smallest absolute Gasteiger partial charge is 0.125 e. The second kappa shape index (κ2) is 5.70. The zero-order valence-electron chi connectivity index (χ0n) is 10.3. The topological polar surface area (TPSA) is 36.1 Å². The van der Waals surface area contributed by atoms with Gasteiger partial charge in [0.15, 0.2) is 0 Å². The van der Waals surface area contributed by atoms with Crippen LogP contribution < -0.4 is 16.0 Å². The molecule has 16 heavy (non-hydrogen) atoms. The normalized spacial score (nSPS) is 12.3. The molecular formula is C12H20FN3. The predicted octanol–water partition coefficient (Wildman–Crippen LogP) is 2.23. The Kier molecular flexibility index (Phi) is 4.55. The van der Waals surface area contributed by atoms with Crippen molar-refractivity contribution in [2.24, 2.45) is 0 Å². The lowest BCUT2D eigenvalue weighted by Gasteiger charge is -2.19. The van der Waals surface area contributed by atoms with Gasteiger partial charge in [-0.3, -0.25) is 0 Å². The standard InChI is InChI=1S/C12H20FN3/c1-8(7-14-2)10-5-9(13)6-11(15-3)12(10)16-4/h5-6,8,14-16H,7H2,1-4H3. The van der Waals surface area contributed by atoms with Crippen molar-refractivity contribution in [2.75, 3.05) is 38.3 Å². The molecule has 4 heteroatoms. The summed E-state index contributed by atoms with van der Waals surface area (Å²) >= 11 is 0. The van der Waals surface area contributed by atoms with E-state index in [1.807, 2.05) is 14.1 Å². The average molecular weight is 225 g/mol. The van der Waals surface area contributed by atoms with Crippen LogP contribution in [0.5, 0.6) is 0 Å². The van der Waals surface area contributed by atoms with E-state index in [4.69, 9.17) is 0 Å². The van der Waals surface area contributed by atoms with E-state index in [0.717, 1.165) is 23.5 Å². The van der Waals surface area contributed by atoms with Crippen molar-refractivity contribution in [3.63, 3.8) is 0 Å². The molecule has 0 heterocycles. The van der Waals surface area contributed by atoms with Crippen LogP contribution in [0.3, 0.4) is 0 Å². The van der Waals surface area contributed by atoms with E-state index in [0.29, 0.717) is 0 Å². The van der Waals surface area contributed by atoms with E-state index in [9.17, 15) is 4.39 Å². The van der Waals surface area contributed by atoms with E-state index >= 15 is 0 Å². The molecule has 0 saturated carbocycles. The molecule has 0 aliphatic heterocycles. The van der Waals surface area contributed by atoms with Crippen LogP contribution in [0.1, 0.15) is 18.4 Å². The lowest BCUT2D eigenvalue weighted by Crippen LogP contribution is -2.16. The molecule has 0 bridgehead atoms. The Morgan fingerprint density at radius 1 is 1.19 bits per heavy atom. The fourth-order valence-electron chi connectivity index (χ4n) is 1.91. The maximum atomic E-state index is 13.4. The van der Waals surface area contributed by atoms with Gasteiger partial charge in [-0.15, -0.1) is 0 Å². The van der Waals surface area contributed by atoms with E-state index in [1.165, 1.54) is 6.07 Å². The zero-order valence-corrected chi connectivity index (χ0v) is 10.3. The Balaban J connectivity index is 3.19. The number of rotatable bonds is 5. The molecule has 0 aromatic heterocycles. The van der Waals surface area contributed by atoms with Crippen molar-refractivity contribution in [1.82, 2.24) is 5.32 Å². The van der Waals surface area contributed by atoms with Crippen molar-refractivity contribution in [2.45, 2.75) is 12.8 Å². The maximum Gasteiger partial charge on any atom is 0.125 e. The molecule has 1 aromatic carbocycles. The van der Waals surface area contributed by atoms with Gasteiger partial charge in [0.05, 0.1) is 11.4 Å². The largest absolute Gasteiger partial charge is 0.386 e. The van der Waals surface area contributed by atoms with E-state index < -0.39 is 0 Å². The highest BCUT2D eigenvalue weighted by atomic mass is 19.1. The van der Waals surface area contributed by atoms with Crippen LogP contribution in [0.15, 0.2) is 12.1 Å². The fourth-order valence-corrected chi connectivity index (χ4v) is 1.91. The number of nitrogens with one attached hydrogen (secondary N) is 3. The van der Waals surface area contributed by atoms with Gasteiger partial charge in [0, 0.05) is 20.6 Å². The van der Waals surface area contributed by atoms with E-state index in [1.54, 1.807) is 13.1 Å². The monoisotopic (exact) mass is 225 g/mol. The van der Waals surface area contributed by atoms with Crippen molar-refractivity contribution in [3.8, 4) is 0 Å². The summed E-state index contributed by atoms with van der Waals surface area (Å²) in [4.78, 5) is 0. The number of halogens is 1. The van der Waals surface area contributed by atoms with Gasteiger partial charge in [-0.05, 0) is 30.7 Å². The molecule has 1 rings (SSSR count). The SMILES string of the molecule is CNCC(C)c1cc(F)cc(NC)c1NC. The van der Waals surface area contributed by atoms with Gasteiger partial charge in [-0.1, -0.05) is 6.92 Å². The highest BCUT2D eigenvalue weighted by molar-refractivity contribution is 5.73. The minimum atomic E-state index is -0.207. The number of likely N-dealkylation sites (N-methyl/N-ethyl adjacent to an activating group) is 1. The summed E-state index contributed by atoms with van der Waals surface area (Å²) in [7, 11) is 5.54. The van der Waals surface area contributed by atoms with Gasteiger partial charge in [0.2, 0.25) is 0 Å². The Labute approximate surface area is 96.4 Å². The first-order valence-corrected chi connectivity index (χ1v) is 5.47. The van der Waals surface area contributed by atoms with Gasteiger partial charge in [0.25, 0.3) is 0 Å². The zero-order chi connectivity index (χ0) is 12.1. The lowest BCUT2D eigenvalue weighted by molar-refractivity contribution is 0.617. The van der Waals surface area contributed by atoms with E-state index in [-0.39, 0.29) is 11.7 Å². The van der Waals surface area contributed by atoms with Crippen molar-refractivity contribution >= 4 is 11.4 Å². The number of hydrogen-bond donors (Lipinski definition) is 3. The first-order valence-electron chi connectivity index (χ1n) is 5.47. The molecule has 1 aromatic rings. The highest BCUT2D eigenvalue weighted by Crippen LogP contribution is 2.32. The fraction of sp³-hybridized carbons (Fsp3) is 0.500. The Hall–Kier alpha value is -1.29. The molecular weight excluding hydrogens is 205 g/mol. The predicted molar refractivity (Wildman–Crippen MR) is 67.8 cm³/mol. The van der Waals surface area contributed by atoms with Gasteiger partial charge in [-0.25, -0.2) is 4.39 Å². The van der Waals surface area contributed by atoms with Crippen molar-refractivity contribution < 1.29 is 4.39 Å². The number of hydrogen-bond acceptors (Lipinski definition) is 3. The quantitative estimate of drug-likeness (QED) is 0.719. The summed E-state index contributed by atoms with van der Waals surface area (Å²) in [5, 5.41) is 9.23. The summed E-state index contributed by atoms with van der Waals surface area (Å²) in [5.41, 5.74) is 2.74. The first kappa shape index (κ1) is 12.8. The molecule has 0 spiro atoms. The summed E-state index contributed by atoms with van der Waals surface area (Å²) < 4.78 is 13.4. The third-order valence-corrected chi connectivity index (χ3v) is 2.69. The minimum Gasteiger partial charge on any atom is -0.386 e. The van der Waals surface area contributed by atoms with Crippen LogP contribution in [0.4, 0.5) is 15.8 Å². The molecule has 3 N–H and O–H groups in total. The molecule has 0 radical (unpaired) electrons. The summed E-state index contributed by atoms with van der Waals surface area (Å²) in [6.45, 7) is 2.90. The van der Waals surface area contributed by atoms with Crippen LogP contribution in [0.25, 0.3) is 0 Å². The van der Waals surface area contributed by atoms with E-state index in [2.05, 4.69) is 22.9 Å². The molecule has 0 fully saturated rings. The van der Waals surface area contributed by atoms with Gasteiger partial charge in [0.1, 0.15) is 5.82 Å². The van der Waals surface area contributed by atoms with Crippen LogP contribution >= 0.6 is 0 Å². The average Bonchev–Trinajstić information content (AvgIpc) is 2.28. The number of anilines is 2. The van der Waals surface area contributed by atoms with Crippen LogP contribution in [-0.2, 0) is 0 Å². The van der Waals surface area contributed by atoms with Crippen molar-refractivity contribution in [1.29, 1.82) is 0 Å². The number of benzene rings is 1. The Morgan fingerprint density at radius 3 is 2.38 bits per heavy atom. The molecule has 1 unspecified atom stereocenters. The van der Waals surface area contributed by atoms with Gasteiger partial charge in [-0.2, -0.15) is 0 Å². The van der Waals surface area contributed by atoms with Crippen molar-refractivity contribution in [3.05, 3.63) is 23.5 Å². The second-order valence-electron chi connectivity index (χ2n) is 3.88. The minimum absolute atomic E-state index is 0.207. The summed E-state index contributed by atoms with van der Waals surface area (Å²) in [6, 6.07) is 3.09. The van der Waals surface area contributed by atoms with Crippen LogP contribution in [-0.4, -0.2) is 27.7 Å². The Morgan fingerprint density at radius 2 is 1.88 bits per heavy atom. The van der Waals surface area contributed by atoms with Crippen LogP contribution in [0, 0.1) is 5.82 Å². The maximum absolute atomic E-state index is 13.4. The summed E-state index contributed by atoms with van der Waals surface area (Å²) in [6.07, 6.45) is 0. The molecule has 3 nitrogen and oxygen atoms in total. The van der Waals surface area contributed by atoms with Gasteiger partial charge >= 0.3 is 0 Å². The highest BCUT2D eigenvalue weighted by Gasteiger charge is 2.14. The van der Waals surface area contributed by atoms with Crippen LogP contribution in [0.2, 0.25) is 0 Å². The molecule has 0 aliphatic rings. The molecule has 0 aliphatic carbocycles. The first-order chi connectivity index (χ1) is 7.63. The third-order valence-electron chi connectivity index (χ3n) is 2.69. The molecule has 0 saturated heterocycles. The van der Waals surface area contributed by atoms with Gasteiger partial charge < -0.3 is 16.0 Å². The molecule has 1 atom stereocenters. The molecule has 90 valence electrons. The second-order valence-corrected chi connectivity index (χ2v) is 3.88. The lowest BCUT2D eigenvalue weighted by atomic mass is 9.97.